The van der Waals surface area contributed by atoms with Gasteiger partial charge < -0.3 is 10.1 Å². The summed E-state index contributed by atoms with van der Waals surface area (Å²) < 4.78 is 5.47. The number of hydrogen-bond donors (Lipinski definition) is 1. The lowest BCUT2D eigenvalue weighted by atomic mass is 10.1. The number of pyridine rings is 1. The molecular weight excluding hydrogens is 200 g/mol. The second-order valence-corrected chi connectivity index (χ2v) is 4.94. The molecule has 0 aromatic carbocycles. The Bertz CT molecular complexity index is 301. The van der Waals surface area contributed by atoms with Crippen molar-refractivity contribution < 1.29 is 4.74 Å². The summed E-state index contributed by atoms with van der Waals surface area (Å²) in [5.74, 6) is 0.848. The fourth-order valence-corrected chi connectivity index (χ4v) is 1.18. The van der Waals surface area contributed by atoms with E-state index in [4.69, 9.17) is 4.74 Å². The Kier molecular flexibility index (Phi) is 4.74. The van der Waals surface area contributed by atoms with Crippen molar-refractivity contribution in [2.45, 2.75) is 46.2 Å². The Labute approximate surface area is 98.2 Å². The highest BCUT2D eigenvalue weighted by molar-refractivity contribution is 5.19. The molecule has 0 atom stereocenters. The Morgan fingerprint density at radius 2 is 2.06 bits per heavy atom. The van der Waals surface area contributed by atoms with E-state index in [1.54, 1.807) is 6.20 Å². The quantitative estimate of drug-likeness (QED) is 0.831. The molecular formula is C13H22N2O. The van der Waals surface area contributed by atoms with Gasteiger partial charge in [0, 0.05) is 12.1 Å². The molecule has 1 N–H and O–H groups in total. The van der Waals surface area contributed by atoms with Gasteiger partial charge in [-0.15, -0.1) is 0 Å². The highest BCUT2D eigenvalue weighted by Crippen LogP contribution is 2.10. The van der Waals surface area contributed by atoms with Gasteiger partial charge in [-0.2, -0.15) is 0 Å². The van der Waals surface area contributed by atoms with Crippen molar-refractivity contribution >= 4 is 0 Å². The summed E-state index contributed by atoms with van der Waals surface area (Å²) >= 11 is 0. The van der Waals surface area contributed by atoms with Crippen LogP contribution in [0.25, 0.3) is 0 Å². The highest BCUT2D eigenvalue weighted by atomic mass is 16.5. The molecule has 3 nitrogen and oxygen atoms in total. The summed E-state index contributed by atoms with van der Waals surface area (Å²) in [4.78, 5) is 4.35. The zero-order valence-corrected chi connectivity index (χ0v) is 10.7. The summed E-state index contributed by atoms with van der Waals surface area (Å²) in [6.07, 6.45) is 2.81. The Hall–Kier alpha value is -1.09. The van der Waals surface area contributed by atoms with Crippen molar-refractivity contribution in [3.05, 3.63) is 24.0 Å². The molecule has 90 valence electrons. The number of nitrogens with one attached hydrogen (secondary N) is 1. The molecule has 0 aliphatic heterocycles. The molecule has 1 rings (SSSR count). The van der Waals surface area contributed by atoms with E-state index >= 15 is 0 Å². The van der Waals surface area contributed by atoms with Crippen LogP contribution in [0.4, 0.5) is 0 Å². The average Bonchev–Trinajstić information content (AvgIpc) is 2.24. The molecule has 0 radical (unpaired) electrons. The predicted molar refractivity (Wildman–Crippen MR) is 66.6 cm³/mol. The molecule has 0 bridgehead atoms. The van der Waals surface area contributed by atoms with Crippen molar-refractivity contribution in [2.24, 2.45) is 0 Å². The first-order valence-electron chi connectivity index (χ1n) is 5.84. The van der Waals surface area contributed by atoms with Crippen LogP contribution in [0.1, 0.15) is 39.8 Å². The monoisotopic (exact) mass is 222 g/mol. The first-order chi connectivity index (χ1) is 7.51. The van der Waals surface area contributed by atoms with Crippen molar-refractivity contribution in [2.75, 3.05) is 6.61 Å². The molecule has 3 heteroatoms. The van der Waals surface area contributed by atoms with Crippen LogP contribution >= 0.6 is 0 Å². The van der Waals surface area contributed by atoms with Gasteiger partial charge in [0.1, 0.15) is 5.75 Å². The highest BCUT2D eigenvalue weighted by Gasteiger charge is 2.08. The van der Waals surface area contributed by atoms with Crippen LogP contribution < -0.4 is 10.1 Å². The van der Waals surface area contributed by atoms with Crippen LogP contribution in [0.3, 0.4) is 0 Å². The van der Waals surface area contributed by atoms with Crippen LogP contribution in [-0.2, 0) is 6.54 Å². The number of aromatic nitrogens is 1. The van der Waals surface area contributed by atoms with Gasteiger partial charge in [-0.3, -0.25) is 4.98 Å². The first-order valence-corrected chi connectivity index (χ1v) is 5.84. The number of hydrogen-bond acceptors (Lipinski definition) is 3. The maximum atomic E-state index is 5.47. The van der Waals surface area contributed by atoms with E-state index in [-0.39, 0.29) is 5.54 Å². The molecule has 0 amide bonds. The van der Waals surface area contributed by atoms with Gasteiger partial charge in [-0.25, -0.2) is 0 Å². The number of nitrogens with zero attached hydrogens (tertiary/aromatic N) is 1. The van der Waals surface area contributed by atoms with Crippen molar-refractivity contribution in [1.82, 2.24) is 10.3 Å². The molecule has 1 aromatic rings. The van der Waals surface area contributed by atoms with Crippen LogP contribution in [0.5, 0.6) is 5.75 Å². The van der Waals surface area contributed by atoms with E-state index in [1.165, 1.54) is 0 Å². The van der Waals surface area contributed by atoms with Gasteiger partial charge in [0.15, 0.2) is 0 Å². The lowest BCUT2D eigenvalue weighted by Crippen LogP contribution is -2.35. The topological polar surface area (TPSA) is 34.1 Å². The standard InChI is InChI=1S/C13H22N2O/c1-5-8-16-12-7-6-11(14-10-12)9-15-13(2,3)4/h6-7,10,15H,5,8-9H2,1-4H3. The molecule has 0 saturated carbocycles. The Balaban J connectivity index is 2.45. The van der Waals surface area contributed by atoms with Gasteiger partial charge in [0.25, 0.3) is 0 Å². The van der Waals surface area contributed by atoms with Gasteiger partial charge >= 0.3 is 0 Å². The fourth-order valence-electron chi connectivity index (χ4n) is 1.18. The van der Waals surface area contributed by atoms with E-state index in [1.807, 2.05) is 12.1 Å². The predicted octanol–water partition coefficient (Wildman–Crippen LogP) is 2.76. The molecule has 0 fully saturated rings. The maximum absolute atomic E-state index is 5.47. The largest absolute Gasteiger partial charge is 0.492 e. The molecule has 0 unspecified atom stereocenters. The Morgan fingerprint density at radius 3 is 2.56 bits per heavy atom. The Morgan fingerprint density at radius 1 is 1.31 bits per heavy atom. The van der Waals surface area contributed by atoms with E-state index in [0.717, 1.165) is 31.0 Å². The second kappa shape index (κ2) is 5.85. The van der Waals surface area contributed by atoms with Crippen LogP contribution in [0.2, 0.25) is 0 Å². The minimum Gasteiger partial charge on any atom is -0.492 e. The summed E-state index contributed by atoms with van der Waals surface area (Å²) in [7, 11) is 0. The summed E-state index contributed by atoms with van der Waals surface area (Å²) in [6, 6.07) is 3.98. The van der Waals surface area contributed by atoms with E-state index in [9.17, 15) is 0 Å². The minimum atomic E-state index is 0.124. The molecule has 0 spiro atoms. The molecule has 1 heterocycles. The molecule has 1 aromatic heterocycles. The molecule has 16 heavy (non-hydrogen) atoms. The zero-order chi connectivity index (χ0) is 12.0. The fraction of sp³-hybridized carbons (Fsp3) is 0.615. The van der Waals surface area contributed by atoms with Gasteiger partial charge in [0.05, 0.1) is 18.5 Å². The van der Waals surface area contributed by atoms with Gasteiger partial charge in [-0.05, 0) is 39.3 Å². The zero-order valence-electron chi connectivity index (χ0n) is 10.7. The number of ether oxygens (including phenoxy) is 1. The second-order valence-electron chi connectivity index (χ2n) is 4.94. The van der Waals surface area contributed by atoms with Gasteiger partial charge in [-0.1, -0.05) is 6.92 Å². The van der Waals surface area contributed by atoms with E-state index < -0.39 is 0 Å². The third kappa shape index (κ3) is 5.12. The van der Waals surface area contributed by atoms with E-state index in [2.05, 4.69) is 38.0 Å². The van der Waals surface area contributed by atoms with Crippen molar-refractivity contribution in [3.8, 4) is 5.75 Å². The van der Waals surface area contributed by atoms with Crippen LogP contribution in [0.15, 0.2) is 18.3 Å². The lowest BCUT2D eigenvalue weighted by Gasteiger charge is -2.20. The molecule has 0 aliphatic rings. The minimum absolute atomic E-state index is 0.124. The lowest BCUT2D eigenvalue weighted by molar-refractivity contribution is 0.316. The van der Waals surface area contributed by atoms with E-state index in [0.29, 0.717) is 0 Å². The smallest absolute Gasteiger partial charge is 0.137 e. The SMILES string of the molecule is CCCOc1ccc(CNC(C)(C)C)nc1. The van der Waals surface area contributed by atoms with Crippen LogP contribution in [0, 0.1) is 0 Å². The normalized spacial score (nSPS) is 11.5. The van der Waals surface area contributed by atoms with Crippen molar-refractivity contribution in [1.29, 1.82) is 0 Å². The maximum Gasteiger partial charge on any atom is 0.137 e. The third-order valence-electron chi connectivity index (χ3n) is 2.07. The summed E-state index contributed by atoms with van der Waals surface area (Å²) in [5, 5.41) is 3.40. The summed E-state index contributed by atoms with van der Waals surface area (Å²) in [5.41, 5.74) is 1.16. The van der Waals surface area contributed by atoms with Crippen molar-refractivity contribution in [3.63, 3.8) is 0 Å². The first kappa shape index (κ1) is 13.0. The number of rotatable bonds is 5. The van der Waals surface area contributed by atoms with Crippen LogP contribution in [-0.4, -0.2) is 17.1 Å². The summed E-state index contributed by atoms with van der Waals surface area (Å²) in [6.45, 7) is 10.1. The molecule has 0 saturated heterocycles. The third-order valence-corrected chi connectivity index (χ3v) is 2.07. The van der Waals surface area contributed by atoms with Gasteiger partial charge in [0.2, 0.25) is 0 Å². The average molecular weight is 222 g/mol. The molecule has 0 aliphatic carbocycles.